The average molecular weight is 347 g/mol. The van der Waals surface area contributed by atoms with Crippen molar-refractivity contribution in [2.45, 2.75) is 20.8 Å². The van der Waals surface area contributed by atoms with Crippen molar-refractivity contribution >= 4 is 27.8 Å². The largest absolute Gasteiger partial charge is 0.351 e. The molecule has 0 aliphatic rings. The number of hydrogen-bond acceptors (Lipinski definition) is 4. The van der Waals surface area contributed by atoms with Crippen molar-refractivity contribution in [3.8, 4) is 5.82 Å². The van der Waals surface area contributed by atoms with Crippen molar-refractivity contribution in [2.75, 3.05) is 0 Å². The summed E-state index contributed by atoms with van der Waals surface area (Å²) in [6.45, 7) is 5.67. The van der Waals surface area contributed by atoms with Crippen LogP contribution in [0.4, 0.5) is 4.79 Å². The minimum Gasteiger partial charge on any atom is -0.351 e. The van der Waals surface area contributed by atoms with Crippen LogP contribution in [0.3, 0.4) is 0 Å². The van der Waals surface area contributed by atoms with Gasteiger partial charge in [-0.2, -0.15) is 9.78 Å². The molecule has 0 radical (unpaired) electrons. The van der Waals surface area contributed by atoms with Gasteiger partial charge in [0.2, 0.25) is 0 Å². The molecule has 0 atom stereocenters. The van der Waals surface area contributed by atoms with Gasteiger partial charge in [0.15, 0.2) is 5.82 Å². The molecule has 7 heteroatoms. The Morgan fingerprint density at radius 3 is 2.50 bits per heavy atom. The number of benzene rings is 1. The van der Waals surface area contributed by atoms with Crippen LogP contribution in [0, 0.1) is 20.8 Å². The summed E-state index contributed by atoms with van der Waals surface area (Å²) in [6, 6.07) is 8.38. The first-order chi connectivity index (χ1) is 12.4. The van der Waals surface area contributed by atoms with Crippen LogP contribution in [0.5, 0.6) is 0 Å². The van der Waals surface area contributed by atoms with E-state index in [1.807, 2.05) is 26.0 Å². The number of carbonyl (C=O) groups is 1. The number of nitrogens with two attached hydrogens (primary N) is 1. The van der Waals surface area contributed by atoms with Gasteiger partial charge in [-0.05, 0) is 44.0 Å². The van der Waals surface area contributed by atoms with Crippen molar-refractivity contribution in [2.24, 2.45) is 5.73 Å². The van der Waals surface area contributed by atoms with Crippen LogP contribution in [-0.2, 0) is 0 Å². The number of aryl methyl sites for hydroxylation is 3. The lowest BCUT2D eigenvalue weighted by molar-refractivity contribution is 0.252. The predicted molar refractivity (Wildman–Crippen MR) is 99.8 cm³/mol. The topological polar surface area (TPSA) is 95.8 Å². The normalized spacial score (nSPS) is 11.3. The highest BCUT2D eigenvalue weighted by Gasteiger charge is 2.23. The Kier molecular flexibility index (Phi) is 3.40. The number of pyridine rings is 1. The Hall–Kier alpha value is -3.48. The fraction of sp³-hybridized carbons (Fsp3) is 0.158. The molecule has 0 saturated carbocycles. The van der Waals surface area contributed by atoms with Crippen LogP contribution < -0.4 is 11.3 Å². The number of nitrogens with zero attached hydrogens (tertiary/aromatic N) is 4. The number of primary amides is 1. The molecule has 0 saturated heterocycles. The van der Waals surface area contributed by atoms with Gasteiger partial charge < -0.3 is 5.73 Å². The summed E-state index contributed by atoms with van der Waals surface area (Å²) < 4.78 is 2.50. The maximum absolute atomic E-state index is 13.2. The van der Waals surface area contributed by atoms with Crippen molar-refractivity contribution in [1.82, 2.24) is 19.3 Å². The number of carbonyl (C=O) groups excluding carboxylic acids is 1. The maximum atomic E-state index is 13.2. The number of hydrogen-bond donors (Lipinski definition) is 1. The molecule has 1 amide bonds. The Balaban J connectivity index is 2.29. The van der Waals surface area contributed by atoms with E-state index in [1.54, 1.807) is 31.3 Å². The highest BCUT2D eigenvalue weighted by molar-refractivity contribution is 6.14. The zero-order valence-electron chi connectivity index (χ0n) is 14.6. The molecule has 26 heavy (non-hydrogen) atoms. The number of fused-ring (bicyclic) bond motifs is 3. The quantitative estimate of drug-likeness (QED) is 0.572. The molecule has 0 bridgehead atoms. The Morgan fingerprint density at radius 1 is 1.08 bits per heavy atom. The molecule has 4 rings (SSSR count). The van der Waals surface area contributed by atoms with Gasteiger partial charge in [0, 0.05) is 17.0 Å². The molecule has 0 fully saturated rings. The van der Waals surface area contributed by atoms with E-state index >= 15 is 0 Å². The molecule has 3 aromatic heterocycles. The number of aromatic nitrogens is 4. The lowest BCUT2D eigenvalue weighted by Gasteiger charge is -2.07. The van der Waals surface area contributed by atoms with E-state index in [4.69, 9.17) is 5.73 Å². The van der Waals surface area contributed by atoms with Crippen molar-refractivity contribution in [1.29, 1.82) is 0 Å². The van der Waals surface area contributed by atoms with E-state index in [-0.39, 0.29) is 5.52 Å². The SMILES string of the molecule is Cc1ccc2c3c(C)nn(-c4ccccn4)c(=O)c3n(C(N)=O)c2c1C. The lowest BCUT2D eigenvalue weighted by Crippen LogP contribution is -2.28. The zero-order chi connectivity index (χ0) is 18.6. The van der Waals surface area contributed by atoms with E-state index in [0.29, 0.717) is 22.4 Å². The molecular weight excluding hydrogens is 330 g/mol. The van der Waals surface area contributed by atoms with E-state index in [1.165, 1.54) is 9.25 Å². The molecule has 0 unspecified atom stereocenters. The summed E-state index contributed by atoms with van der Waals surface area (Å²) in [5.41, 5.74) is 8.63. The second-order valence-corrected chi connectivity index (χ2v) is 6.29. The van der Waals surface area contributed by atoms with Gasteiger partial charge in [0.1, 0.15) is 5.52 Å². The second kappa shape index (κ2) is 5.52. The Bertz CT molecular complexity index is 1250. The smallest absolute Gasteiger partial charge is 0.324 e. The van der Waals surface area contributed by atoms with E-state index in [0.717, 1.165) is 16.5 Å². The molecule has 7 nitrogen and oxygen atoms in total. The van der Waals surface area contributed by atoms with Crippen molar-refractivity contribution in [3.05, 3.63) is 63.7 Å². The van der Waals surface area contributed by atoms with E-state index in [2.05, 4.69) is 10.1 Å². The molecule has 3 heterocycles. The predicted octanol–water partition coefficient (Wildman–Crippen LogP) is 2.59. The summed E-state index contributed by atoms with van der Waals surface area (Å²) >= 11 is 0. The highest BCUT2D eigenvalue weighted by atomic mass is 16.2. The molecule has 0 aliphatic carbocycles. The molecule has 0 aliphatic heterocycles. The average Bonchev–Trinajstić information content (AvgIpc) is 2.99. The Morgan fingerprint density at radius 2 is 1.85 bits per heavy atom. The lowest BCUT2D eigenvalue weighted by atomic mass is 10.0. The van der Waals surface area contributed by atoms with Crippen LogP contribution in [0.15, 0.2) is 41.3 Å². The molecule has 0 spiro atoms. The second-order valence-electron chi connectivity index (χ2n) is 6.29. The van der Waals surface area contributed by atoms with Crippen LogP contribution >= 0.6 is 0 Å². The van der Waals surface area contributed by atoms with Gasteiger partial charge >= 0.3 is 6.03 Å². The van der Waals surface area contributed by atoms with Gasteiger partial charge in [0.25, 0.3) is 5.56 Å². The summed E-state index contributed by atoms with van der Waals surface area (Å²) in [4.78, 5) is 29.7. The summed E-state index contributed by atoms with van der Waals surface area (Å²) in [6.07, 6.45) is 1.58. The van der Waals surface area contributed by atoms with Gasteiger partial charge in [-0.15, -0.1) is 0 Å². The van der Waals surface area contributed by atoms with Gasteiger partial charge in [-0.1, -0.05) is 18.2 Å². The van der Waals surface area contributed by atoms with Crippen LogP contribution in [0.2, 0.25) is 0 Å². The third kappa shape index (κ3) is 2.07. The minimum absolute atomic E-state index is 0.222. The fourth-order valence-corrected chi connectivity index (χ4v) is 3.41. The van der Waals surface area contributed by atoms with Gasteiger partial charge in [0.05, 0.1) is 11.2 Å². The van der Waals surface area contributed by atoms with Gasteiger partial charge in [-0.3, -0.25) is 9.36 Å². The zero-order valence-corrected chi connectivity index (χ0v) is 14.6. The highest BCUT2D eigenvalue weighted by Crippen LogP contribution is 2.32. The van der Waals surface area contributed by atoms with Crippen LogP contribution in [-0.4, -0.2) is 25.4 Å². The van der Waals surface area contributed by atoms with Crippen LogP contribution in [0.25, 0.3) is 27.6 Å². The first-order valence-electron chi connectivity index (χ1n) is 8.17. The summed E-state index contributed by atoms with van der Waals surface area (Å²) in [5, 5.41) is 5.85. The molecule has 1 aromatic carbocycles. The Labute approximate surface area is 148 Å². The standard InChI is InChI=1S/C19H17N5O2/c1-10-7-8-13-15-12(3)22-24(14-6-4-5-9-21-14)18(25)17(15)23(19(20)26)16(13)11(10)2/h4-9H,1-3H3,(H2,20,26). The first-order valence-corrected chi connectivity index (χ1v) is 8.17. The molecule has 130 valence electrons. The molecule has 2 N–H and O–H groups in total. The van der Waals surface area contributed by atoms with E-state index in [9.17, 15) is 9.59 Å². The summed E-state index contributed by atoms with van der Waals surface area (Å²) in [5.74, 6) is 0.386. The van der Waals surface area contributed by atoms with Crippen LogP contribution in [0.1, 0.15) is 16.8 Å². The minimum atomic E-state index is -0.700. The third-order valence-corrected chi connectivity index (χ3v) is 4.75. The van der Waals surface area contributed by atoms with Crippen molar-refractivity contribution in [3.63, 3.8) is 0 Å². The monoisotopic (exact) mass is 347 g/mol. The third-order valence-electron chi connectivity index (χ3n) is 4.75. The van der Waals surface area contributed by atoms with Gasteiger partial charge in [-0.25, -0.2) is 9.78 Å². The maximum Gasteiger partial charge on any atom is 0.324 e. The molecular formula is C19H17N5O2. The van der Waals surface area contributed by atoms with E-state index < -0.39 is 11.6 Å². The number of amides is 1. The van der Waals surface area contributed by atoms with Crippen molar-refractivity contribution < 1.29 is 4.79 Å². The fourth-order valence-electron chi connectivity index (χ4n) is 3.41. The number of rotatable bonds is 1. The molecule has 4 aromatic rings. The summed E-state index contributed by atoms with van der Waals surface area (Å²) in [7, 11) is 0. The first kappa shape index (κ1) is 16.0.